The molecule has 0 heterocycles. The highest BCUT2D eigenvalue weighted by molar-refractivity contribution is 5.94. The highest BCUT2D eigenvalue weighted by atomic mass is 16.4. The molecule has 12 nitrogen and oxygen atoms in total. The standard InChI is InChI=1S/C20H36N4O8/c1-9(2)8-13(20(31)32)23-17(28)12(6-7-14(26)27)22-19(30)16(11(5)25)24-18(29)15(21)10(3)4/h9-13,15-16,25H,6-8,21H2,1-5H3,(H,22,30)(H,23,28)(H,24,29)(H,26,27)(H,31,32). The minimum Gasteiger partial charge on any atom is -0.481 e. The number of amides is 3. The molecular weight excluding hydrogens is 424 g/mol. The Balaban J connectivity index is 5.52. The average molecular weight is 461 g/mol. The maximum atomic E-state index is 12.7. The molecule has 32 heavy (non-hydrogen) atoms. The number of nitrogens with two attached hydrogens (primary N) is 1. The molecular formula is C20H36N4O8. The zero-order chi connectivity index (χ0) is 25.2. The Hall–Kier alpha value is -2.73. The van der Waals surface area contributed by atoms with Crippen LogP contribution in [0.3, 0.4) is 0 Å². The summed E-state index contributed by atoms with van der Waals surface area (Å²) in [5, 5.41) is 35.1. The summed E-state index contributed by atoms with van der Waals surface area (Å²) >= 11 is 0. The average Bonchev–Trinajstić information content (AvgIpc) is 2.66. The number of rotatable bonds is 14. The van der Waals surface area contributed by atoms with Crippen LogP contribution >= 0.6 is 0 Å². The third-order valence-electron chi connectivity index (χ3n) is 4.69. The molecule has 0 aliphatic rings. The van der Waals surface area contributed by atoms with Gasteiger partial charge in [-0.25, -0.2) is 4.79 Å². The molecule has 5 unspecified atom stereocenters. The summed E-state index contributed by atoms with van der Waals surface area (Å²) in [4.78, 5) is 60.0. The lowest BCUT2D eigenvalue weighted by Gasteiger charge is -2.27. The minimum absolute atomic E-state index is 0.0524. The fourth-order valence-corrected chi connectivity index (χ4v) is 2.72. The van der Waals surface area contributed by atoms with E-state index in [1.54, 1.807) is 27.7 Å². The molecule has 0 aromatic rings. The topological polar surface area (TPSA) is 208 Å². The predicted octanol–water partition coefficient (Wildman–Crippen LogP) is -1.20. The van der Waals surface area contributed by atoms with Gasteiger partial charge in [-0.05, 0) is 31.6 Å². The van der Waals surface area contributed by atoms with Gasteiger partial charge in [0, 0.05) is 6.42 Å². The van der Waals surface area contributed by atoms with Crippen LogP contribution in [0, 0.1) is 11.8 Å². The number of carboxylic acid groups (broad SMARTS) is 2. The SMILES string of the molecule is CC(C)CC(NC(=O)C(CCC(=O)O)NC(=O)C(NC(=O)C(N)C(C)C)C(C)O)C(=O)O. The lowest BCUT2D eigenvalue weighted by atomic mass is 10.0. The molecule has 0 spiro atoms. The van der Waals surface area contributed by atoms with Gasteiger partial charge in [0.25, 0.3) is 0 Å². The number of nitrogens with one attached hydrogen (secondary N) is 3. The van der Waals surface area contributed by atoms with Gasteiger partial charge in [0.2, 0.25) is 17.7 Å². The zero-order valence-corrected chi connectivity index (χ0v) is 19.1. The molecule has 0 aliphatic carbocycles. The molecule has 12 heteroatoms. The number of aliphatic hydroxyl groups excluding tert-OH is 1. The van der Waals surface area contributed by atoms with Crippen molar-refractivity contribution < 1.29 is 39.3 Å². The molecule has 0 radical (unpaired) electrons. The monoisotopic (exact) mass is 460 g/mol. The van der Waals surface area contributed by atoms with Crippen molar-refractivity contribution in [3.63, 3.8) is 0 Å². The predicted molar refractivity (Wildman–Crippen MR) is 114 cm³/mol. The van der Waals surface area contributed by atoms with Crippen molar-refractivity contribution in [2.75, 3.05) is 0 Å². The van der Waals surface area contributed by atoms with E-state index in [0.29, 0.717) is 0 Å². The maximum absolute atomic E-state index is 12.7. The van der Waals surface area contributed by atoms with E-state index in [1.807, 2.05) is 0 Å². The van der Waals surface area contributed by atoms with E-state index in [2.05, 4.69) is 16.0 Å². The number of hydrogen-bond donors (Lipinski definition) is 7. The molecule has 0 aromatic carbocycles. The summed E-state index contributed by atoms with van der Waals surface area (Å²) in [5.74, 6) is -5.30. The quantitative estimate of drug-likeness (QED) is 0.166. The Bertz CT molecular complexity index is 681. The molecule has 0 aromatic heterocycles. The fraction of sp³-hybridized carbons (Fsp3) is 0.750. The van der Waals surface area contributed by atoms with Crippen molar-refractivity contribution in [3.05, 3.63) is 0 Å². The Kier molecular flexibility index (Phi) is 12.5. The van der Waals surface area contributed by atoms with Gasteiger partial charge >= 0.3 is 11.9 Å². The Morgan fingerprint density at radius 1 is 0.812 bits per heavy atom. The molecule has 0 rings (SSSR count). The first-order chi connectivity index (χ1) is 14.7. The van der Waals surface area contributed by atoms with Gasteiger partial charge in [-0.1, -0.05) is 27.7 Å². The number of aliphatic carboxylic acids is 2. The van der Waals surface area contributed by atoms with Crippen molar-refractivity contribution in [3.8, 4) is 0 Å². The maximum Gasteiger partial charge on any atom is 0.326 e. The van der Waals surface area contributed by atoms with Crippen molar-refractivity contribution in [2.24, 2.45) is 17.6 Å². The normalized spacial score (nSPS) is 15.9. The van der Waals surface area contributed by atoms with Crippen LogP contribution in [-0.2, 0) is 24.0 Å². The van der Waals surface area contributed by atoms with Crippen molar-refractivity contribution >= 4 is 29.7 Å². The number of aliphatic hydroxyl groups is 1. The number of carbonyl (C=O) groups excluding carboxylic acids is 3. The molecule has 184 valence electrons. The molecule has 8 N–H and O–H groups in total. The van der Waals surface area contributed by atoms with Gasteiger partial charge in [-0.2, -0.15) is 0 Å². The Labute approximate surface area is 187 Å². The summed E-state index contributed by atoms with van der Waals surface area (Å²) in [5.41, 5.74) is 5.75. The first-order valence-electron chi connectivity index (χ1n) is 10.5. The second-order valence-electron chi connectivity index (χ2n) is 8.52. The molecule has 0 bridgehead atoms. The van der Waals surface area contributed by atoms with Crippen molar-refractivity contribution in [1.82, 2.24) is 16.0 Å². The number of carboxylic acids is 2. The van der Waals surface area contributed by atoms with Crippen LogP contribution in [0.4, 0.5) is 0 Å². The smallest absolute Gasteiger partial charge is 0.326 e. The van der Waals surface area contributed by atoms with Gasteiger partial charge in [0.15, 0.2) is 0 Å². The van der Waals surface area contributed by atoms with Gasteiger partial charge in [-0.15, -0.1) is 0 Å². The summed E-state index contributed by atoms with van der Waals surface area (Å²) in [7, 11) is 0. The van der Waals surface area contributed by atoms with Crippen LogP contribution in [0.25, 0.3) is 0 Å². The molecule has 0 fully saturated rings. The van der Waals surface area contributed by atoms with Gasteiger partial charge in [0.05, 0.1) is 12.1 Å². The van der Waals surface area contributed by atoms with Gasteiger partial charge in [0.1, 0.15) is 18.1 Å². The summed E-state index contributed by atoms with van der Waals surface area (Å²) in [6.45, 7) is 8.18. The van der Waals surface area contributed by atoms with E-state index in [-0.39, 0.29) is 24.7 Å². The van der Waals surface area contributed by atoms with E-state index in [0.717, 1.165) is 0 Å². The lowest BCUT2D eigenvalue weighted by molar-refractivity contribution is -0.143. The molecule has 5 atom stereocenters. The van der Waals surface area contributed by atoms with Crippen LogP contribution in [0.2, 0.25) is 0 Å². The molecule has 3 amide bonds. The summed E-state index contributed by atoms with van der Waals surface area (Å²) in [6.07, 6.45) is -2.04. The first kappa shape index (κ1) is 29.3. The number of hydrogen-bond acceptors (Lipinski definition) is 7. The van der Waals surface area contributed by atoms with Crippen molar-refractivity contribution in [2.45, 2.75) is 84.2 Å². The second-order valence-corrected chi connectivity index (χ2v) is 8.52. The van der Waals surface area contributed by atoms with Gasteiger partial charge < -0.3 is 37.0 Å². The van der Waals surface area contributed by atoms with Crippen LogP contribution in [0.1, 0.15) is 53.9 Å². The van der Waals surface area contributed by atoms with E-state index >= 15 is 0 Å². The minimum atomic E-state index is -1.46. The third kappa shape index (κ3) is 10.5. The van der Waals surface area contributed by atoms with Crippen LogP contribution < -0.4 is 21.7 Å². The van der Waals surface area contributed by atoms with E-state index < -0.39 is 66.4 Å². The van der Waals surface area contributed by atoms with Crippen LogP contribution in [-0.4, -0.2) is 75.3 Å². The highest BCUT2D eigenvalue weighted by Crippen LogP contribution is 2.08. The highest BCUT2D eigenvalue weighted by Gasteiger charge is 2.33. The van der Waals surface area contributed by atoms with E-state index in [1.165, 1.54) is 6.92 Å². The third-order valence-corrected chi connectivity index (χ3v) is 4.69. The lowest BCUT2D eigenvalue weighted by Crippen LogP contribution is -2.60. The van der Waals surface area contributed by atoms with Gasteiger partial charge in [-0.3, -0.25) is 19.2 Å². The summed E-state index contributed by atoms with van der Waals surface area (Å²) < 4.78 is 0. The first-order valence-corrected chi connectivity index (χ1v) is 10.5. The molecule has 0 saturated carbocycles. The fourth-order valence-electron chi connectivity index (χ4n) is 2.72. The summed E-state index contributed by atoms with van der Waals surface area (Å²) in [6, 6.07) is -5.03. The largest absolute Gasteiger partial charge is 0.481 e. The number of carbonyl (C=O) groups is 5. The Morgan fingerprint density at radius 3 is 1.75 bits per heavy atom. The van der Waals surface area contributed by atoms with E-state index in [4.69, 9.17) is 10.8 Å². The van der Waals surface area contributed by atoms with Crippen LogP contribution in [0.15, 0.2) is 0 Å². The van der Waals surface area contributed by atoms with Crippen molar-refractivity contribution in [1.29, 1.82) is 0 Å². The van der Waals surface area contributed by atoms with Crippen LogP contribution in [0.5, 0.6) is 0 Å². The Morgan fingerprint density at radius 2 is 1.34 bits per heavy atom. The molecule has 0 aliphatic heterocycles. The second kappa shape index (κ2) is 13.6. The van der Waals surface area contributed by atoms with E-state index in [9.17, 15) is 34.2 Å². The zero-order valence-electron chi connectivity index (χ0n) is 19.1. The molecule has 0 saturated heterocycles.